The van der Waals surface area contributed by atoms with Crippen molar-refractivity contribution in [3.05, 3.63) is 253 Å². The van der Waals surface area contributed by atoms with Gasteiger partial charge in [0.05, 0.1) is 33.5 Å². The Bertz CT molecular complexity index is 4160. The second-order valence-electron chi connectivity index (χ2n) is 18.5. The lowest BCUT2D eigenvalue weighted by Gasteiger charge is -2.16. The normalized spacial score (nSPS) is 13.2. The Labute approximate surface area is 405 Å². The summed E-state index contributed by atoms with van der Waals surface area (Å²) < 4.78 is 4.74. The van der Waals surface area contributed by atoms with Gasteiger partial charge in [0.25, 0.3) is 0 Å². The molecule has 0 atom stereocenters. The predicted molar refractivity (Wildman–Crippen MR) is 294 cm³/mol. The van der Waals surface area contributed by atoms with Crippen LogP contribution in [-0.4, -0.2) is 19.1 Å². The number of nitrogens with zero attached hydrogens (tertiary/aromatic N) is 4. The molecule has 3 heterocycles. The van der Waals surface area contributed by atoms with E-state index in [1.54, 1.807) is 0 Å². The van der Waals surface area contributed by atoms with Gasteiger partial charge in [0.15, 0.2) is 0 Å². The molecule has 2 aliphatic rings. The fourth-order valence-corrected chi connectivity index (χ4v) is 11.1. The van der Waals surface area contributed by atoms with Crippen molar-refractivity contribution in [3.8, 4) is 45.0 Å². The number of rotatable bonds is 6. The van der Waals surface area contributed by atoms with E-state index in [4.69, 9.17) is 9.97 Å². The summed E-state index contributed by atoms with van der Waals surface area (Å²) in [5, 5.41) is 7.22. The molecule has 9 aromatic carbocycles. The summed E-state index contributed by atoms with van der Waals surface area (Å²) in [4.78, 5) is 11.0. The molecule has 4 heteroatoms. The third-order valence-electron chi connectivity index (χ3n) is 14.4. The molecule has 70 heavy (non-hydrogen) atoms. The van der Waals surface area contributed by atoms with Crippen LogP contribution in [0.3, 0.4) is 0 Å². The Morgan fingerprint density at radius 1 is 0.386 bits per heavy atom. The molecule has 0 spiro atoms. The Morgan fingerprint density at radius 2 is 1.03 bits per heavy atom. The van der Waals surface area contributed by atoms with Crippen molar-refractivity contribution < 1.29 is 0 Å². The average molecular weight is 893 g/mol. The minimum atomic E-state index is 0.684. The summed E-state index contributed by atoms with van der Waals surface area (Å²) >= 11 is 0. The first kappa shape index (κ1) is 40.0. The molecule has 0 amide bonds. The van der Waals surface area contributed by atoms with E-state index in [1.165, 1.54) is 82.3 Å². The molecule has 0 saturated heterocycles. The number of aromatic nitrogens is 4. The number of benzene rings is 9. The molecule has 0 unspecified atom stereocenters. The number of hydrogen-bond acceptors (Lipinski definition) is 2. The standard InChI is InChI=1S/C66H44N4/c1-4-17-44(18-5-1)51-38-52(45-19-6-2-7-20-45)40-53(39-51)69-60-30-15-14-27-55(60)57-41-48(32-34-61(57)69)49-33-35-62-58(42-49)64-54-26-13-12-22-46(54)31-36-63(64)70(62)66-67-59-29-9-3-8-28-56(59)65(68-66)50-25-16-24-43-21-10-11-23-47(43)37-50/h1-24,26-28,30-42H,25,29H2. The van der Waals surface area contributed by atoms with Gasteiger partial charge in [-0.25, -0.2) is 9.97 Å². The SMILES string of the molecule is C1=CCc2nc(-n3c4ccc(-c5ccc6c(c5)c5ccccc5n6-c5cc(-c6ccccc6)cc(-c6ccccc6)c5)cc4c4c5ccccc5ccc43)nc(C3=Cc4ccccc4C=CC3)c2C=C1. The lowest BCUT2D eigenvalue weighted by Crippen LogP contribution is -2.09. The van der Waals surface area contributed by atoms with Crippen LogP contribution in [0.15, 0.2) is 224 Å². The van der Waals surface area contributed by atoms with Crippen LogP contribution >= 0.6 is 0 Å². The maximum Gasteiger partial charge on any atom is 0.235 e. The van der Waals surface area contributed by atoms with Crippen molar-refractivity contribution in [2.45, 2.75) is 12.8 Å². The molecule has 0 saturated carbocycles. The molecule has 4 nitrogen and oxygen atoms in total. The fraction of sp³-hybridized carbons (Fsp3) is 0.0303. The van der Waals surface area contributed by atoms with Gasteiger partial charge >= 0.3 is 0 Å². The lowest BCUT2D eigenvalue weighted by molar-refractivity contribution is 0.931. The maximum absolute atomic E-state index is 5.57. The molecule has 3 aromatic heterocycles. The van der Waals surface area contributed by atoms with Crippen molar-refractivity contribution in [2.75, 3.05) is 0 Å². The van der Waals surface area contributed by atoms with Gasteiger partial charge in [-0.05, 0) is 128 Å². The highest BCUT2D eigenvalue weighted by Gasteiger charge is 2.23. The van der Waals surface area contributed by atoms with Crippen molar-refractivity contribution in [3.63, 3.8) is 0 Å². The van der Waals surface area contributed by atoms with E-state index in [1.807, 2.05) is 0 Å². The highest BCUT2D eigenvalue weighted by molar-refractivity contribution is 6.22. The van der Waals surface area contributed by atoms with E-state index in [9.17, 15) is 0 Å². The molecule has 0 N–H and O–H groups in total. The summed E-state index contributed by atoms with van der Waals surface area (Å²) in [5.41, 5.74) is 19.4. The first-order valence-electron chi connectivity index (χ1n) is 24.2. The van der Waals surface area contributed by atoms with Gasteiger partial charge in [-0.15, -0.1) is 0 Å². The van der Waals surface area contributed by atoms with E-state index < -0.39 is 0 Å². The second-order valence-corrected chi connectivity index (χ2v) is 18.5. The zero-order chi connectivity index (χ0) is 46.1. The largest absolute Gasteiger partial charge is 0.309 e. The molecule has 0 fully saturated rings. The Balaban J connectivity index is 0.961. The van der Waals surface area contributed by atoms with Gasteiger partial charge in [0, 0.05) is 39.2 Å². The first-order valence-corrected chi connectivity index (χ1v) is 24.2. The van der Waals surface area contributed by atoms with Crippen LogP contribution in [0, 0.1) is 0 Å². The molecule has 14 rings (SSSR count). The van der Waals surface area contributed by atoms with Gasteiger partial charge in [0.2, 0.25) is 5.95 Å². The van der Waals surface area contributed by atoms with Gasteiger partial charge in [-0.1, -0.05) is 182 Å². The van der Waals surface area contributed by atoms with E-state index >= 15 is 0 Å². The van der Waals surface area contributed by atoms with Crippen molar-refractivity contribution >= 4 is 78.2 Å². The molecule has 0 aliphatic heterocycles. The summed E-state index contributed by atoms with van der Waals surface area (Å²) in [7, 11) is 0. The van der Waals surface area contributed by atoms with Gasteiger partial charge in [-0.3, -0.25) is 4.57 Å². The number of allylic oxidation sites excluding steroid dienone is 5. The molecule has 0 bridgehead atoms. The highest BCUT2D eigenvalue weighted by Crippen LogP contribution is 2.42. The quantitative estimate of drug-likeness (QED) is 0.167. The number of hydrogen-bond donors (Lipinski definition) is 0. The van der Waals surface area contributed by atoms with Crippen LogP contribution in [0.1, 0.15) is 34.5 Å². The minimum absolute atomic E-state index is 0.684. The summed E-state index contributed by atoms with van der Waals surface area (Å²) in [5.74, 6) is 0.684. The van der Waals surface area contributed by atoms with Crippen molar-refractivity contribution in [1.82, 2.24) is 19.1 Å². The molecule has 12 aromatic rings. The molecule has 328 valence electrons. The minimum Gasteiger partial charge on any atom is -0.309 e. The Kier molecular flexibility index (Phi) is 9.31. The van der Waals surface area contributed by atoms with Crippen molar-refractivity contribution in [2.24, 2.45) is 0 Å². The first-order chi connectivity index (χ1) is 34.7. The number of para-hydroxylation sites is 1. The Morgan fingerprint density at radius 3 is 1.81 bits per heavy atom. The monoisotopic (exact) mass is 892 g/mol. The second kappa shape index (κ2) is 16.3. The van der Waals surface area contributed by atoms with E-state index in [0.29, 0.717) is 5.95 Å². The summed E-state index contributed by atoms with van der Waals surface area (Å²) in [6, 6.07) is 73.0. The number of fused-ring (bicyclic) bond motifs is 10. The van der Waals surface area contributed by atoms with Crippen LogP contribution < -0.4 is 0 Å². The van der Waals surface area contributed by atoms with Gasteiger partial charge < -0.3 is 4.57 Å². The fourth-order valence-electron chi connectivity index (χ4n) is 11.1. The van der Waals surface area contributed by atoms with Crippen LogP contribution in [-0.2, 0) is 6.42 Å². The van der Waals surface area contributed by atoms with E-state index in [0.717, 1.165) is 57.6 Å². The predicted octanol–water partition coefficient (Wildman–Crippen LogP) is 16.9. The van der Waals surface area contributed by atoms with Crippen LogP contribution in [0.25, 0.3) is 123 Å². The maximum atomic E-state index is 5.57. The van der Waals surface area contributed by atoms with Crippen molar-refractivity contribution in [1.29, 1.82) is 0 Å². The zero-order valence-corrected chi connectivity index (χ0v) is 38.3. The molecule has 0 radical (unpaired) electrons. The lowest BCUT2D eigenvalue weighted by atomic mass is 9.98. The third-order valence-corrected chi connectivity index (χ3v) is 14.4. The van der Waals surface area contributed by atoms with Crippen LogP contribution in [0.2, 0.25) is 0 Å². The molecular weight excluding hydrogens is 849 g/mol. The highest BCUT2D eigenvalue weighted by atomic mass is 15.2. The molecular formula is C66H44N4. The van der Waals surface area contributed by atoms with Gasteiger partial charge in [0.1, 0.15) is 0 Å². The zero-order valence-electron chi connectivity index (χ0n) is 38.3. The third kappa shape index (κ3) is 6.60. The van der Waals surface area contributed by atoms with Crippen LogP contribution in [0.5, 0.6) is 0 Å². The summed E-state index contributed by atoms with van der Waals surface area (Å²) in [6.07, 6.45) is 16.9. The average Bonchev–Trinajstić information content (AvgIpc) is 3.68. The topological polar surface area (TPSA) is 35.6 Å². The Hall–Kier alpha value is -9.12. The van der Waals surface area contributed by atoms with E-state index in [2.05, 4.69) is 252 Å². The van der Waals surface area contributed by atoms with E-state index in [-0.39, 0.29) is 0 Å². The van der Waals surface area contributed by atoms with Gasteiger partial charge in [-0.2, -0.15) is 0 Å². The summed E-state index contributed by atoms with van der Waals surface area (Å²) in [6.45, 7) is 0. The molecule has 2 aliphatic carbocycles. The smallest absolute Gasteiger partial charge is 0.235 e. The van der Waals surface area contributed by atoms with Crippen LogP contribution in [0.4, 0.5) is 0 Å².